The van der Waals surface area contributed by atoms with Crippen LogP contribution in [0.3, 0.4) is 0 Å². The van der Waals surface area contributed by atoms with Gasteiger partial charge in [-0.3, -0.25) is 0 Å². The van der Waals surface area contributed by atoms with Gasteiger partial charge in [0.05, 0.1) is 22.8 Å². The molecule has 4 N–H and O–H groups in total. The Bertz CT molecular complexity index is 738. The molecule has 0 aromatic heterocycles. The molecule has 1 aliphatic heterocycles. The molecule has 1 aromatic carbocycles. The van der Waals surface area contributed by atoms with Gasteiger partial charge in [-0.25, -0.2) is 10.0 Å². The SMILES string of the molecule is CC1=C(C(=O)O)[C@H](c2ccccc2C(F)(F)F)C([NH+]([O-])O)=C(C)N1. The minimum absolute atomic E-state index is 0.104. The van der Waals surface area contributed by atoms with Crippen molar-refractivity contribution in [2.75, 3.05) is 0 Å². The van der Waals surface area contributed by atoms with Gasteiger partial charge in [0, 0.05) is 5.70 Å². The Kier molecular flexibility index (Phi) is 4.70. The van der Waals surface area contributed by atoms with E-state index in [1.807, 2.05) is 0 Å². The number of dihydropyridines is 1. The standard InChI is InChI=1S/C15H15F3N2O4/c1-7-11(14(21)22)12(13(20(23)24)8(2)19-7)9-5-3-4-6-10(9)15(16,17)18/h3-6,12,19-20,23H,1-2H3,(H,21,22)/t12-/m0/s1. The second-order valence-corrected chi connectivity index (χ2v) is 5.33. The third-order valence-electron chi connectivity index (χ3n) is 3.80. The Hall–Kier alpha value is -2.36. The summed E-state index contributed by atoms with van der Waals surface area (Å²) in [6.07, 6.45) is -4.74. The van der Waals surface area contributed by atoms with E-state index in [-0.39, 0.29) is 11.4 Å². The molecule has 2 rings (SSSR count). The quantitative estimate of drug-likeness (QED) is 0.627. The Balaban J connectivity index is 2.80. The number of hydroxylamine groups is 2. The smallest absolute Gasteiger partial charge is 0.416 e. The molecule has 24 heavy (non-hydrogen) atoms. The normalized spacial score (nSPS) is 20.0. The summed E-state index contributed by atoms with van der Waals surface area (Å²) in [6, 6.07) is 4.39. The molecule has 0 spiro atoms. The second-order valence-electron chi connectivity index (χ2n) is 5.33. The van der Waals surface area contributed by atoms with Gasteiger partial charge in [-0.15, -0.1) is 0 Å². The van der Waals surface area contributed by atoms with Crippen LogP contribution in [-0.2, 0) is 11.0 Å². The van der Waals surface area contributed by atoms with Crippen molar-refractivity contribution < 1.29 is 33.5 Å². The van der Waals surface area contributed by atoms with Crippen molar-refractivity contribution in [3.63, 3.8) is 0 Å². The molecule has 130 valence electrons. The number of halogens is 3. The number of rotatable bonds is 3. The Morgan fingerprint density at radius 1 is 1.25 bits per heavy atom. The molecular weight excluding hydrogens is 329 g/mol. The van der Waals surface area contributed by atoms with Crippen LogP contribution in [0, 0.1) is 5.21 Å². The zero-order chi connectivity index (χ0) is 18.2. The lowest BCUT2D eigenvalue weighted by Gasteiger charge is -2.32. The van der Waals surface area contributed by atoms with Gasteiger partial charge in [0.2, 0.25) is 0 Å². The van der Waals surface area contributed by atoms with Gasteiger partial charge in [0.15, 0.2) is 5.70 Å². The topological polar surface area (TPSA) is 97.1 Å². The molecule has 1 aliphatic rings. The van der Waals surface area contributed by atoms with Crippen molar-refractivity contribution in [3.8, 4) is 0 Å². The van der Waals surface area contributed by atoms with Crippen LogP contribution in [0.2, 0.25) is 0 Å². The predicted octanol–water partition coefficient (Wildman–Crippen LogP) is 1.75. The Labute approximate surface area is 135 Å². The Morgan fingerprint density at radius 3 is 2.33 bits per heavy atom. The molecule has 0 radical (unpaired) electrons. The molecule has 2 atom stereocenters. The number of aliphatic carboxylic acids is 1. The van der Waals surface area contributed by atoms with Gasteiger partial charge in [0.25, 0.3) is 0 Å². The zero-order valence-electron chi connectivity index (χ0n) is 12.7. The average Bonchev–Trinajstić information content (AvgIpc) is 2.44. The van der Waals surface area contributed by atoms with E-state index in [0.717, 1.165) is 12.1 Å². The van der Waals surface area contributed by atoms with E-state index in [1.165, 1.54) is 26.0 Å². The summed E-state index contributed by atoms with van der Waals surface area (Å²) < 4.78 is 39.9. The number of benzene rings is 1. The molecule has 1 unspecified atom stereocenters. The molecule has 0 saturated heterocycles. The first-order chi connectivity index (χ1) is 11.1. The van der Waals surface area contributed by atoms with Crippen molar-refractivity contribution in [1.82, 2.24) is 5.32 Å². The van der Waals surface area contributed by atoms with Gasteiger partial charge in [0.1, 0.15) is 0 Å². The van der Waals surface area contributed by atoms with Crippen LogP contribution in [0.1, 0.15) is 30.9 Å². The largest absolute Gasteiger partial charge is 0.595 e. The molecule has 0 saturated carbocycles. The van der Waals surface area contributed by atoms with Crippen molar-refractivity contribution in [3.05, 3.63) is 63.3 Å². The number of carboxylic acid groups (broad SMARTS) is 1. The fraction of sp³-hybridized carbons (Fsp3) is 0.267. The van der Waals surface area contributed by atoms with Gasteiger partial charge in [-0.05, 0) is 25.5 Å². The first-order valence-electron chi connectivity index (χ1n) is 6.87. The van der Waals surface area contributed by atoms with E-state index in [0.29, 0.717) is 0 Å². The van der Waals surface area contributed by atoms with Crippen LogP contribution in [0.25, 0.3) is 0 Å². The third-order valence-corrected chi connectivity index (χ3v) is 3.80. The highest BCUT2D eigenvalue weighted by atomic mass is 19.4. The molecule has 0 bridgehead atoms. The monoisotopic (exact) mass is 344 g/mol. The third kappa shape index (κ3) is 3.14. The maximum Gasteiger partial charge on any atom is 0.416 e. The number of carboxylic acids is 1. The van der Waals surface area contributed by atoms with E-state index >= 15 is 0 Å². The van der Waals surface area contributed by atoms with E-state index in [9.17, 15) is 33.5 Å². The van der Waals surface area contributed by atoms with Crippen LogP contribution in [0.4, 0.5) is 13.2 Å². The number of carbonyl (C=O) groups is 1. The minimum Gasteiger partial charge on any atom is -0.595 e. The summed E-state index contributed by atoms with van der Waals surface area (Å²) >= 11 is 0. The summed E-state index contributed by atoms with van der Waals surface area (Å²) in [4.78, 5) is 11.6. The lowest BCUT2D eigenvalue weighted by molar-refractivity contribution is -1.02. The first-order valence-corrected chi connectivity index (χ1v) is 6.87. The first kappa shape index (κ1) is 18.0. The lowest BCUT2D eigenvalue weighted by Crippen LogP contribution is -3.03. The minimum atomic E-state index is -4.74. The van der Waals surface area contributed by atoms with Crippen molar-refractivity contribution in [2.24, 2.45) is 0 Å². The summed E-state index contributed by atoms with van der Waals surface area (Å²) in [5.41, 5.74) is -2.10. The number of allylic oxidation sites excluding steroid dienone is 3. The average molecular weight is 344 g/mol. The van der Waals surface area contributed by atoms with Gasteiger partial charge < -0.3 is 15.6 Å². The van der Waals surface area contributed by atoms with E-state index in [2.05, 4.69) is 5.32 Å². The van der Waals surface area contributed by atoms with Crippen LogP contribution < -0.4 is 10.5 Å². The molecule has 1 aromatic rings. The maximum absolute atomic E-state index is 13.3. The van der Waals surface area contributed by atoms with Crippen LogP contribution >= 0.6 is 0 Å². The van der Waals surface area contributed by atoms with Gasteiger partial charge >= 0.3 is 12.1 Å². The zero-order valence-corrected chi connectivity index (χ0v) is 12.7. The van der Waals surface area contributed by atoms with Crippen molar-refractivity contribution in [1.29, 1.82) is 0 Å². The number of hydrogen-bond donors (Lipinski definition) is 4. The summed E-state index contributed by atoms with van der Waals surface area (Å²) in [5.74, 6) is -3.01. The highest BCUT2D eigenvalue weighted by molar-refractivity contribution is 5.90. The summed E-state index contributed by atoms with van der Waals surface area (Å²) in [6.45, 7) is 2.77. The number of quaternary nitrogens is 1. The fourth-order valence-electron chi connectivity index (χ4n) is 2.88. The highest BCUT2D eigenvalue weighted by Gasteiger charge is 2.43. The van der Waals surface area contributed by atoms with E-state index < -0.39 is 45.7 Å². The molecule has 0 fully saturated rings. The molecule has 0 aliphatic carbocycles. The van der Waals surface area contributed by atoms with E-state index in [4.69, 9.17) is 0 Å². The Morgan fingerprint density at radius 2 is 1.83 bits per heavy atom. The number of nitrogens with one attached hydrogen (secondary N) is 2. The molecule has 9 heteroatoms. The lowest BCUT2D eigenvalue weighted by atomic mass is 9.81. The highest BCUT2D eigenvalue weighted by Crippen LogP contribution is 2.42. The van der Waals surface area contributed by atoms with Gasteiger partial charge in [-0.1, -0.05) is 18.2 Å². The van der Waals surface area contributed by atoms with E-state index in [1.54, 1.807) is 0 Å². The maximum atomic E-state index is 13.3. The predicted molar refractivity (Wildman–Crippen MR) is 76.5 cm³/mol. The molecule has 1 heterocycles. The molecule has 0 amide bonds. The second kappa shape index (κ2) is 6.27. The summed E-state index contributed by atoms with van der Waals surface area (Å²) in [7, 11) is 0. The van der Waals surface area contributed by atoms with Gasteiger partial charge in [-0.2, -0.15) is 18.4 Å². The fourth-order valence-corrected chi connectivity index (χ4v) is 2.88. The van der Waals surface area contributed by atoms with Crippen molar-refractivity contribution in [2.45, 2.75) is 25.9 Å². The summed E-state index contributed by atoms with van der Waals surface area (Å²) in [5, 5.41) is 31.6. The van der Waals surface area contributed by atoms with Crippen molar-refractivity contribution >= 4 is 5.97 Å². The van der Waals surface area contributed by atoms with Crippen LogP contribution in [0.5, 0.6) is 0 Å². The van der Waals surface area contributed by atoms with Crippen LogP contribution in [0.15, 0.2) is 46.9 Å². The number of hydrogen-bond acceptors (Lipinski definition) is 4. The number of alkyl halides is 3. The molecule has 6 nitrogen and oxygen atoms in total. The molecular formula is C15H15F3N2O4. The van der Waals surface area contributed by atoms with Crippen LogP contribution in [-0.4, -0.2) is 16.3 Å².